The lowest BCUT2D eigenvalue weighted by molar-refractivity contribution is 0.698. The van der Waals surface area contributed by atoms with Crippen molar-refractivity contribution < 1.29 is 0 Å². The second-order valence-corrected chi connectivity index (χ2v) is 6.69. The summed E-state index contributed by atoms with van der Waals surface area (Å²) < 4.78 is 1.21. The largest absolute Gasteiger partial charge is 0.371 e. The molecule has 0 radical (unpaired) electrons. The van der Waals surface area contributed by atoms with Gasteiger partial charge in [0.1, 0.15) is 0 Å². The van der Waals surface area contributed by atoms with Crippen LogP contribution in [0, 0.1) is 0 Å². The third kappa shape index (κ3) is 3.43. The van der Waals surface area contributed by atoms with Crippen LogP contribution < -0.4 is 10.2 Å². The Morgan fingerprint density at radius 3 is 2.94 bits per heavy atom. The fourth-order valence-corrected chi connectivity index (χ4v) is 3.97. The van der Waals surface area contributed by atoms with Gasteiger partial charge in [-0.2, -0.15) is 11.8 Å². The van der Waals surface area contributed by atoms with Crippen molar-refractivity contribution in [1.82, 2.24) is 5.32 Å². The monoisotopic (exact) mass is 328 g/mol. The van der Waals surface area contributed by atoms with Gasteiger partial charge in [0.15, 0.2) is 0 Å². The summed E-state index contributed by atoms with van der Waals surface area (Å²) in [5, 5.41) is 3.36. The summed E-state index contributed by atoms with van der Waals surface area (Å²) in [6.07, 6.45) is 1.30. The maximum absolute atomic E-state index is 3.68. The fourth-order valence-electron chi connectivity index (χ4n) is 2.20. The standard InChI is InChI=1S/C14H21BrN2S/c1-3-16-9-11-4-5-12(8-14(11)15)17(2)13-6-7-18-10-13/h4-5,8,13,16H,3,6-7,9-10H2,1-2H3. The van der Waals surface area contributed by atoms with Gasteiger partial charge < -0.3 is 10.2 Å². The molecule has 4 heteroatoms. The number of nitrogens with zero attached hydrogens (tertiary/aromatic N) is 1. The summed E-state index contributed by atoms with van der Waals surface area (Å²) >= 11 is 5.74. The van der Waals surface area contributed by atoms with E-state index in [1.807, 2.05) is 0 Å². The Bertz CT molecular complexity index is 391. The van der Waals surface area contributed by atoms with Gasteiger partial charge in [-0.3, -0.25) is 0 Å². The second kappa shape index (κ2) is 6.83. The van der Waals surface area contributed by atoms with E-state index < -0.39 is 0 Å². The summed E-state index contributed by atoms with van der Waals surface area (Å²) in [4.78, 5) is 2.42. The molecule has 2 rings (SSSR count). The first-order chi connectivity index (χ1) is 8.72. The highest BCUT2D eigenvalue weighted by atomic mass is 79.9. The van der Waals surface area contributed by atoms with Crippen molar-refractivity contribution in [2.75, 3.05) is 30.0 Å². The molecule has 0 spiro atoms. The number of hydrogen-bond donors (Lipinski definition) is 1. The molecule has 0 bridgehead atoms. The highest BCUT2D eigenvalue weighted by Gasteiger charge is 2.20. The number of nitrogens with one attached hydrogen (secondary N) is 1. The fraction of sp³-hybridized carbons (Fsp3) is 0.571. The van der Waals surface area contributed by atoms with E-state index in [2.05, 4.69) is 70.1 Å². The van der Waals surface area contributed by atoms with Crippen LogP contribution in [0.2, 0.25) is 0 Å². The molecule has 1 aromatic rings. The van der Waals surface area contributed by atoms with Crippen molar-refractivity contribution in [3.05, 3.63) is 28.2 Å². The Kier molecular flexibility index (Phi) is 5.39. The maximum atomic E-state index is 3.68. The van der Waals surface area contributed by atoms with Crippen molar-refractivity contribution in [2.24, 2.45) is 0 Å². The first-order valence-electron chi connectivity index (χ1n) is 6.52. The van der Waals surface area contributed by atoms with Crippen LogP contribution in [0.5, 0.6) is 0 Å². The van der Waals surface area contributed by atoms with Crippen LogP contribution in [0.4, 0.5) is 5.69 Å². The zero-order chi connectivity index (χ0) is 13.0. The van der Waals surface area contributed by atoms with Crippen LogP contribution in [-0.2, 0) is 6.54 Å². The normalized spacial score (nSPS) is 19.2. The van der Waals surface area contributed by atoms with Crippen molar-refractivity contribution in [3.8, 4) is 0 Å². The minimum absolute atomic E-state index is 0.696. The molecule has 2 nitrogen and oxygen atoms in total. The van der Waals surface area contributed by atoms with Crippen LogP contribution in [0.25, 0.3) is 0 Å². The molecule has 0 amide bonds. The first kappa shape index (κ1) is 14.2. The number of hydrogen-bond acceptors (Lipinski definition) is 3. The number of benzene rings is 1. The van der Waals surface area contributed by atoms with Gasteiger partial charge in [0.2, 0.25) is 0 Å². The molecule has 1 atom stereocenters. The maximum Gasteiger partial charge on any atom is 0.0385 e. The Morgan fingerprint density at radius 1 is 1.50 bits per heavy atom. The second-order valence-electron chi connectivity index (χ2n) is 4.68. The lowest BCUT2D eigenvalue weighted by atomic mass is 10.1. The summed E-state index contributed by atoms with van der Waals surface area (Å²) in [6, 6.07) is 7.40. The average molecular weight is 329 g/mol. The van der Waals surface area contributed by atoms with E-state index in [1.54, 1.807) is 0 Å². The number of anilines is 1. The topological polar surface area (TPSA) is 15.3 Å². The Labute approximate surface area is 123 Å². The first-order valence-corrected chi connectivity index (χ1v) is 8.47. The molecule has 0 aliphatic carbocycles. The summed E-state index contributed by atoms with van der Waals surface area (Å²) in [7, 11) is 2.21. The third-order valence-electron chi connectivity index (χ3n) is 3.46. The predicted octanol–water partition coefficient (Wildman–Crippen LogP) is 3.50. The van der Waals surface area contributed by atoms with Crippen LogP contribution >= 0.6 is 27.7 Å². The molecule has 1 aliphatic rings. The van der Waals surface area contributed by atoms with Crippen LogP contribution in [0.15, 0.2) is 22.7 Å². The van der Waals surface area contributed by atoms with E-state index in [1.165, 1.54) is 33.7 Å². The SMILES string of the molecule is CCNCc1ccc(N(C)C2CCSC2)cc1Br. The van der Waals surface area contributed by atoms with Crippen LogP contribution in [0.3, 0.4) is 0 Å². The molecular formula is C14H21BrN2S. The predicted molar refractivity (Wildman–Crippen MR) is 85.7 cm³/mol. The van der Waals surface area contributed by atoms with Gasteiger partial charge in [-0.05, 0) is 36.4 Å². The number of thioether (sulfide) groups is 1. The van der Waals surface area contributed by atoms with Gasteiger partial charge >= 0.3 is 0 Å². The van der Waals surface area contributed by atoms with Gasteiger partial charge in [0.05, 0.1) is 0 Å². The molecule has 100 valence electrons. The highest BCUT2D eigenvalue weighted by molar-refractivity contribution is 9.10. The minimum Gasteiger partial charge on any atom is -0.371 e. The Morgan fingerprint density at radius 2 is 2.33 bits per heavy atom. The number of rotatable bonds is 5. The molecule has 1 N–H and O–H groups in total. The Hall–Kier alpha value is -0.190. The van der Waals surface area contributed by atoms with Crippen molar-refractivity contribution in [2.45, 2.75) is 25.9 Å². The van der Waals surface area contributed by atoms with E-state index in [-0.39, 0.29) is 0 Å². The quantitative estimate of drug-likeness (QED) is 0.890. The molecule has 1 unspecified atom stereocenters. The summed E-state index contributed by atoms with van der Waals surface area (Å²) in [6.45, 7) is 4.07. The van der Waals surface area contributed by atoms with E-state index in [0.717, 1.165) is 13.1 Å². The smallest absolute Gasteiger partial charge is 0.0385 e. The van der Waals surface area contributed by atoms with Crippen molar-refractivity contribution >= 4 is 33.4 Å². The molecular weight excluding hydrogens is 308 g/mol. The highest BCUT2D eigenvalue weighted by Crippen LogP contribution is 2.29. The average Bonchev–Trinajstić information content (AvgIpc) is 2.90. The molecule has 1 aromatic carbocycles. The Balaban J connectivity index is 2.07. The zero-order valence-electron chi connectivity index (χ0n) is 11.1. The molecule has 18 heavy (non-hydrogen) atoms. The zero-order valence-corrected chi connectivity index (χ0v) is 13.5. The van der Waals surface area contributed by atoms with Gasteiger partial charge in [-0.25, -0.2) is 0 Å². The third-order valence-corrected chi connectivity index (χ3v) is 5.35. The minimum atomic E-state index is 0.696. The lowest BCUT2D eigenvalue weighted by Crippen LogP contribution is -2.31. The van der Waals surface area contributed by atoms with Gasteiger partial charge in [-0.1, -0.05) is 28.9 Å². The van der Waals surface area contributed by atoms with Crippen LogP contribution in [-0.4, -0.2) is 31.1 Å². The van der Waals surface area contributed by atoms with Crippen LogP contribution in [0.1, 0.15) is 18.9 Å². The van der Waals surface area contributed by atoms with Gasteiger partial charge in [-0.15, -0.1) is 0 Å². The van der Waals surface area contributed by atoms with Crippen molar-refractivity contribution in [1.29, 1.82) is 0 Å². The molecule has 1 aliphatic heterocycles. The molecule has 1 heterocycles. The van der Waals surface area contributed by atoms with Crippen molar-refractivity contribution in [3.63, 3.8) is 0 Å². The van der Waals surface area contributed by atoms with Gasteiger partial charge in [0, 0.05) is 35.5 Å². The van der Waals surface area contributed by atoms with E-state index in [9.17, 15) is 0 Å². The van der Waals surface area contributed by atoms with Gasteiger partial charge in [0.25, 0.3) is 0 Å². The number of halogens is 1. The molecule has 1 fully saturated rings. The van der Waals surface area contributed by atoms with E-state index in [4.69, 9.17) is 0 Å². The van der Waals surface area contributed by atoms with E-state index >= 15 is 0 Å². The molecule has 1 saturated heterocycles. The molecule has 0 saturated carbocycles. The summed E-state index contributed by atoms with van der Waals surface area (Å²) in [5.41, 5.74) is 2.64. The molecule has 0 aromatic heterocycles. The summed E-state index contributed by atoms with van der Waals surface area (Å²) in [5.74, 6) is 2.56. The van der Waals surface area contributed by atoms with E-state index in [0.29, 0.717) is 6.04 Å². The lowest BCUT2D eigenvalue weighted by Gasteiger charge is -2.26.